The molecule has 0 aliphatic rings. The number of ether oxygens (including phenoxy) is 2. The molecule has 0 aliphatic heterocycles. The number of esters is 2. The summed E-state index contributed by atoms with van der Waals surface area (Å²) in [5, 5.41) is 0. The summed E-state index contributed by atoms with van der Waals surface area (Å²) in [6.07, 6.45) is 7.39. The van der Waals surface area contributed by atoms with Crippen LogP contribution in [0.5, 0.6) is 0 Å². The fourth-order valence-electron chi connectivity index (χ4n) is 2.95. The van der Waals surface area contributed by atoms with E-state index in [1.807, 2.05) is 30.3 Å². The van der Waals surface area contributed by atoms with E-state index in [1.54, 1.807) is 24.3 Å². The van der Waals surface area contributed by atoms with E-state index >= 15 is 0 Å². The average Bonchev–Trinajstić information content (AvgIpc) is 2.73. The lowest BCUT2D eigenvalue weighted by Crippen LogP contribution is -2.15. The van der Waals surface area contributed by atoms with Crippen molar-refractivity contribution in [3.63, 3.8) is 0 Å². The van der Waals surface area contributed by atoms with Gasteiger partial charge in [-0.3, -0.25) is 0 Å². The first-order valence-electron chi connectivity index (χ1n) is 10.2. The maximum absolute atomic E-state index is 12.4. The number of hydrogen-bond acceptors (Lipinski definition) is 4. The van der Waals surface area contributed by atoms with Gasteiger partial charge in [0.2, 0.25) is 0 Å². The molecule has 0 aromatic heterocycles. The highest BCUT2D eigenvalue weighted by atomic mass is 16.5. The summed E-state index contributed by atoms with van der Waals surface area (Å²) in [5.74, 6) is -0.966. The minimum absolute atomic E-state index is 0.253. The lowest BCUT2D eigenvalue weighted by Gasteiger charge is -2.10. The molecule has 0 fully saturated rings. The van der Waals surface area contributed by atoms with E-state index in [0.29, 0.717) is 13.0 Å². The van der Waals surface area contributed by atoms with Gasteiger partial charge in [-0.1, -0.05) is 81.5 Å². The van der Waals surface area contributed by atoms with Gasteiger partial charge in [0.05, 0.1) is 24.3 Å². The molecule has 0 saturated heterocycles. The Labute approximate surface area is 167 Å². The van der Waals surface area contributed by atoms with E-state index in [4.69, 9.17) is 9.47 Å². The predicted molar refractivity (Wildman–Crippen MR) is 111 cm³/mol. The van der Waals surface area contributed by atoms with Crippen LogP contribution in [0.15, 0.2) is 54.6 Å². The summed E-state index contributed by atoms with van der Waals surface area (Å²) in [5.41, 5.74) is 1.61. The maximum Gasteiger partial charge on any atom is 0.339 e. The molecule has 0 atom stereocenters. The van der Waals surface area contributed by atoms with Crippen molar-refractivity contribution in [1.82, 2.24) is 0 Å². The van der Waals surface area contributed by atoms with Crippen molar-refractivity contribution < 1.29 is 19.1 Å². The monoisotopic (exact) mass is 382 g/mol. The zero-order valence-corrected chi connectivity index (χ0v) is 16.7. The smallest absolute Gasteiger partial charge is 0.339 e. The number of hydrogen-bond donors (Lipinski definition) is 0. The molecular weight excluding hydrogens is 352 g/mol. The van der Waals surface area contributed by atoms with Crippen LogP contribution in [0.25, 0.3) is 0 Å². The van der Waals surface area contributed by atoms with Gasteiger partial charge in [0.25, 0.3) is 0 Å². The lowest BCUT2D eigenvalue weighted by atomic mass is 10.1. The molecule has 0 amide bonds. The zero-order valence-electron chi connectivity index (χ0n) is 16.7. The van der Waals surface area contributed by atoms with Gasteiger partial charge in [0.1, 0.15) is 0 Å². The zero-order chi connectivity index (χ0) is 20.0. The van der Waals surface area contributed by atoms with Gasteiger partial charge in [0.15, 0.2) is 0 Å². The number of carbonyl (C=O) groups excluding carboxylic acids is 2. The first kappa shape index (κ1) is 21.7. The largest absolute Gasteiger partial charge is 0.462 e. The Morgan fingerprint density at radius 2 is 1.21 bits per heavy atom. The molecule has 0 radical (unpaired) electrons. The second kappa shape index (κ2) is 12.7. The fourth-order valence-corrected chi connectivity index (χ4v) is 2.95. The quantitative estimate of drug-likeness (QED) is 0.354. The van der Waals surface area contributed by atoms with E-state index < -0.39 is 11.9 Å². The van der Waals surface area contributed by atoms with Crippen LogP contribution in [0.2, 0.25) is 0 Å². The van der Waals surface area contributed by atoms with Crippen LogP contribution in [0.4, 0.5) is 0 Å². The minimum atomic E-state index is -0.497. The van der Waals surface area contributed by atoms with Gasteiger partial charge in [0, 0.05) is 6.42 Å². The van der Waals surface area contributed by atoms with Crippen molar-refractivity contribution in [2.45, 2.75) is 51.9 Å². The van der Waals surface area contributed by atoms with E-state index in [1.165, 1.54) is 19.3 Å². The van der Waals surface area contributed by atoms with Gasteiger partial charge in [-0.25, -0.2) is 9.59 Å². The molecule has 0 unspecified atom stereocenters. The molecule has 0 aliphatic carbocycles. The second-order valence-corrected chi connectivity index (χ2v) is 6.82. The first-order valence-corrected chi connectivity index (χ1v) is 10.2. The van der Waals surface area contributed by atoms with Crippen LogP contribution in [0.1, 0.15) is 71.7 Å². The summed E-state index contributed by atoms with van der Waals surface area (Å²) in [6, 6.07) is 16.5. The van der Waals surface area contributed by atoms with Crippen LogP contribution < -0.4 is 0 Å². The molecule has 4 nitrogen and oxygen atoms in total. The highest BCUT2D eigenvalue weighted by molar-refractivity contribution is 6.03. The Morgan fingerprint density at radius 1 is 0.679 bits per heavy atom. The van der Waals surface area contributed by atoms with E-state index in [-0.39, 0.29) is 17.7 Å². The minimum Gasteiger partial charge on any atom is -0.462 e. The van der Waals surface area contributed by atoms with Crippen molar-refractivity contribution in [1.29, 1.82) is 0 Å². The summed E-state index contributed by atoms with van der Waals surface area (Å²) < 4.78 is 10.7. The third-order valence-electron chi connectivity index (χ3n) is 4.56. The maximum atomic E-state index is 12.4. The van der Waals surface area contributed by atoms with Crippen LogP contribution in [-0.2, 0) is 15.9 Å². The van der Waals surface area contributed by atoms with E-state index in [2.05, 4.69) is 6.92 Å². The van der Waals surface area contributed by atoms with Crippen LogP contribution >= 0.6 is 0 Å². The Bertz CT molecular complexity index is 724. The highest BCUT2D eigenvalue weighted by Crippen LogP contribution is 2.13. The summed E-state index contributed by atoms with van der Waals surface area (Å²) in [7, 11) is 0. The molecule has 4 heteroatoms. The third kappa shape index (κ3) is 7.55. The van der Waals surface area contributed by atoms with Crippen molar-refractivity contribution in [2.24, 2.45) is 0 Å². The van der Waals surface area contributed by atoms with Crippen LogP contribution in [-0.4, -0.2) is 25.2 Å². The first-order chi connectivity index (χ1) is 13.7. The second-order valence-electron chi connectivity index (χ2n) is 6.82. The predicted octanol–water partition coefficient (Wildman–Crippen LogP) is 5.60. The topological polar surface area (TPSA) is 52.6 Å². The molecule has 0 saturated carbocycles. The molecule has 150 valence electrons. The standard InChI is InChI=1S/C24H30O4/c1-2-3-4-5-6-12-18-27-23(25)21-15-10-11-16-22(21)24(26)28-19-17-20-13-8-7-9-14-20/h7-11,13-16H,2-6,12,17-19H2,1H3. The molecule has 0 spiro atoms. The molecule has 0 bridgehead atoms. The van der Waals surface area contributed by atoms with Gasteiger partial charge in [-0.15, -0.1) is 0 Å². The lowest BCUT2D eigenvalue weighted by molar-refractivity contribution is 0.0456. The van der Waals surface area contributed by atoms with Gasteiger partial charge in [-0.2, -0.15) is 0 Å². The summed E-state index contributed by atoms with van der Waals surface area (Å²) in [6.45, 7) is 2.83. The van der Waals surface area contributed by atoms with Crippen molar-refractivity contribution in [2.75, 3.05) is 13.2 Å². The summed E-state index contributed by atoms with van der Waals surface area (Å²) >= 11 is 0. The molecule has 2 aromatic carbocycles. The number of carbonyl (C=O) groups is 2. The SMILES string of the molecule is CCCCCCCCOC(=O)c1ccccc1C(=O)OCCc1ccccc1. The Kier molecular flexibility index (Phi) is 9.84. The fraction of sp³-hybridized carbons (Fsp3) is 0.417. The number of rotatable bonds is 12. The van der Waals surface area contributed by atoms with Crippen molar-refractivity contribution >= 4 is 11.9 Å². The van der Waals surface area contributed by atoms with Crippen LogP contribution in [0.3, 0.4) is 0 Å². The summed E-state index contributed by atoms with van der Waals surface area (Å²) in [4.78, 5) is 24.8. The van der Waals surface area contributed by atoms with Crippen molar-refractivity contribution in [3.05, 3.63) is 71.3 Å². The Morgan fingerprint density at radius 3 is 1.86 bits per heavy atom. The number of unbranched alkanes of at least 4 members (excludes halogenated alkanes) is 5. The van der Waals surface area contributed by atoms with E-state index in [0.717, 1.165) is 24.8 Å². The molecule has 2 aromatic rings. The molecule has 2 rings (SSSR count). The average molecular weight is 383 g/mol. The molecule has 28 heavy (non-hydrogen) atoms. The Balaban J connectivity index is 1.80. The third-order valence-corrected chi connectivity index (χ3v) is 4.56. The van der Waals surface area contributed by atoms with Gasteiger partial charge >= 0.3 is 11.9 Å². The van der Waals surface area contributed by atoms with Crippen LogP contribution in [0, 0.1) is 0 Å². The van der Waals surface area contributed by atoms with Gasteiger partial charge in [-0.05, 0) is 24.1 Å². The van der Waals surface area contributed by atoms with E-state index in [9.17, 15) is 9.59 Å². The molecule has 0 heterocycles. The van der Waals surface area contributed by atoms with Crippen molar-refractivity contribution in [3.8, 4) is 0 Å². The molecule has 0 N–H and O–H groups in total. The number of benzene rings is 2. The van der Waals surface area contributed by atoms with Gasteiger partial charge < -0.3 is 9.47 Å². The molecular formula is C24H30O4. The normalized spacial score (nSPS) is 10.5. The Hall–Kier alpha value is -2.62. The highest BCUT2D eigenvalue weighted by Gasteiger charge is 2.18.